The molecule has 3 aromatic rings. The van der Waals surface area contributed by atoms with Gasteiger partial charge in [-0.25, -0.2) is 0 Å². The number of amides is 1. The SMILES string of the molecule is CCCCc1ccc(C(=O)Nc2cccc3cnccc23)cc1. The molecule has 0 spiro atoms. The van der Waals surface area contributed by atoms with E-state index < -0.39 is 0 Å². The topological polar surface area (TPSA) is 42.0 Å². The first-order valence-corrected chi connectivity index (χ1v) is 8.01. The van der Waals surface area contributed by atoms with Crippen molar-refractivity contribution >= 4 is 22.4 Å². The maximum atomic E-state index is 12.5. The van der Waals surface area contributed by atoms with E-state index in [0.717, 1.165) is 22.9 Å². The standard InChI is InChI=1S/C20H20N2O/c1-2-3-5-15-8-10-16(11-9-15)20(23)22-19-7-4-6-17-14-21-13-12-18(17)19/h4,6-14H,2-3,5H2,1H3,(H,22,23). The molecular formula is C20H20N2O. The van der Waals surface area contributed by atoms with Gasteiger partial charge in [0.05, 0.1) is 0 Å². The third-order valence-electron chi connectivity index (χ3n) is 3.96. The molecule has 1 heterocycles. The minimum absolute atomic E-state index is 0.0867. The van der Waals surface area contributed by atoms with E-state index in [2.05, 4.69) is 17.2 Å². The Morgan fingerprint density at radius 1 is 1.09 bits per heavy atom. The van der Waals surface area contributed by atoms with Gasteiger partial charge in [0.15, 0.2) is 0 Å². The van der Waals surface area contributed by atoms with Gasteiger partial charge in [-0.05, 0) is 42.7 Å². The Bertz CT molecular complexity index is 804. The second kappa shape index (κ2) is 7.05. The minimum atomic E-state index is -0.0867. The van der Waals surface area contributed by atoms with Gasteiger partial charge < -0.3 is 5.32 Å². The van der Waals surface area contributed by atoms with Crippen molar-refractivity contribution in [3.05, 3.63) is 72.1 Å². The van der Waals surface area contributed by atoms with Crippen molar-refractivity contribution in [2.75, 3.05) is 5.32 Å². The third-order valence-corrected chi connectivity index (χ3v) is 3.96. The smallest absolute Gasteiger partial charge is 0.255 e. The third kappa shape index (κ3) is 3.57. The molecule has 0 radical (unpaired) electrons. The number of hydrogen-bond acceptors (Lipinski definition) is 2. The predicted molar refractivity (Wildman–Crippen MR) is 94.8 cm³/mol. The maximum absolute atomic E-state index is 12.5. The summed E-state index contributed by atoms with van der Waals surface area (Å²) in [7, 11) is 0. The monoisotopic (exact) mass is 304 g/mol. The lowest BCUT2D eigenvalue weighted by Crippen LogP contribution is -2.12. The second-order valence-corrected chi connectivity index (χ2v) is 5.66. The van der Waals surface area contributed by atoms with Crippen molar-refractivity contribution in [3.8, 4) is 0 Å². The summed E-state index contributed by atoms with van der Waals surface area (Å²) in [6.07, 6.45) is 6.95. The van der Waals surface area contributed by atoms with Crippen molar-refractivity contribution in [2.24, 2.45) is 0 Å². The largest absolute Gasteiger partial charge is 0.321 e. The fraction of sp³-hybridized carbons (Fsp3) is 0.200. The van der Waals surface area contributed by atoms with E-state index in [9.17, 15) is 4.79 Å². The fourth-order valence-corrected chi connectivity index (χ4v) is 2.63. The number of benzene rings is 2. The number of carbonyl (C=O) groups excluding carboxylic acids is 1. The van der Waals surface area contributed by atoms with Crippen LogP contribution in [0.4, 0.5) is 5.69 Å². The van der Waals surface area contributed by atoms with Crippen LogP contribution in [-0.2, 0) is 6.42 Å². The molecule has 1 amide bonds. The van der Waals surface area contributed by atoms with E-state index in [1.807, 2.05) is 48.5 Å². The Hall–Kier alpha value is -2.68. The molecule has 0 atom stereocenters. The Labute approximate surface area is 136 Å². The number of aryl methyl sites for hydroxylation is 1. The quantitative estimate of drug-likeness (QED) is 0.733. The van der Waals surface area contributed by atoms with Gasteiger partial charge >= 0.3 is 0 Å². The van der Waals surface area contributed by atoms with Crippen LogP contribution in [0.2, 0.25) is 0 Å². The Kier molecular flexibility index (Phi) is 4.67. The van der Waals surface area contributed by atoms with Crippen molar-refractivity contribution in [3.63, 3.8) is 0 Å². The van der Waals surface area contributed by atoms with Crippen LogP contribution in [0.15, 0.2) is 60.9 Å². The first-order valence-electron chi connectivity index (χ1n) is 8.01. The van der Waals surface area contributed by atoms with E-state index in [0.29, 0.717) is 5.56 Å². The molecule has 0 aliphatic rings. The average molecular weight is 304 g/mol. The van der Waals surface area contributed by atoms with E-state index in [-0.39, 0.29) is 5.91 Å². The van der Waals surface area contributed by atoms with Gasteiger partial charge in [0, 0.05) is 34.4 Å². The summed E-state index contributed by atoms with van der Waals surface area (Å²) in [4.78, 5) is 16.6. The highest BCUT2D eigenvalue weighted by Crippen LogP contribution is 2.22. The number of pyridine rings is 1. The van der Waals surface area contributed by atoms with E-state index in [4.69, 9.17) is 0 Å². The lowest BCUT2D eigenvalue weighted by atomic mass is 10.1. The summed E-state index contributed by atoms with van der Waals surface area (Å²) in [5.74, 6) is -0.0867. The van der Waals surface area contributed by atoms with Crippen LogP contribution in [-0.4, -0.2) is 10.9 Å². The molecule has 3 rings (SSSR count). The summed E-state index contributed by atoms with van der Waals surface area (Å²) in [6.45, 7) is 2.18. The van der Waals surface area contributed by atoms with Crippen molar-refractivity contribution < 1.29 is 4.79 Å². The molecular weight excluding hydrogens is 284 g/mol. The molecule has 116 valence electrons. The number of anilines is 1. The summed E-state index contributed by atoms with van der Waals surface area (Å²) in [6, 6.07) is 15.6. The van der Waals surface area contributed by atoms with Gasteiger partial charge in [0.25, 0.3) is 5.91 Å². The van der Waals surface area contributed by atoms with Gasteiger partial charge in [0.2, 0.25) is 0 Å². The molecule has 0 fully saturated rings. The molecule has 0 saturated carbocycles. The summed E-state index contributed by atoms with van der Waals surface area (Å²) < 4.78 is 0. The molecule has 3 nitrogen and oxygen atoms in total. The highest BCUT2D eigenvalue weighted by Gasteiger charge is 2.08. The van der Waals surface area contributed by atoms with Gasteiger partial charge in [-0.15, -0.1) is 0 Å². The molecule has 1 aromatic heterocycles. The van der Waals surface area contributed by atoms with E-state index in [1.54, 1.807) is 12.4 Å². The van der Waals surface area contributed by atoms with E-state index in [1.165, 1.54) is 18.4 Å². The molecule has 0 saturated heterocycles. The highest BCUT2D eigenvalue weighted by molar-refractivity contribution is 6.09. The molecule has 0 unspecified atom stereocenters. The van der Waals surface area contributed by atoms with Crippen molar-refractivity contribution in [1.29, 1.82) is 0 Å². The summed E-state index contributed by atoms with van der Waals surface area (Å²) in [5, 5.41) is 5.01. The number of fused-ring (bicyclic) bond motifs is 1. The van der Waals surface area contributed by atoms with Crippen LogP contribution < -0.4 is 5.32 Å². The Balaban J connectivity index is 1.78. The van der Waals surface area contributed by atoms with E-state index >= 15 is 0 Å². The van der Waals surface area contributed by atoms with Gasteiger partial charge in [-0.3, -0.25) is 9.78 Å². The number of hydrogen-bond donors (Lipinski definition) is 1. The van der Waals surface area contributed by atoms with Crippen LogP contribution in [0.5, 0.6) is 0 Å². The van der Waals surface area contributed by atoms with Gasteiger partial charge in [-0.1, -0.05) is 37.6 Å². The Morgan fingerprint density at radius 3 is 2.70 bits per heavy atom. The zero-order valence-corrected chi connectivity index (χ0v) is 13.3. The molecule has 0 bridgehead atoms. The molecule has 2 aromatic carbocycles. The molecule has 0 aliphatic heterocycles. The van der Waals surface area contributed by atoms with Crippen LogP contribution in [0.1, 0.15) is 35.7 Å². The molecule has 0 aliphatic carbocycles. The van der Waals surface area contributed by atoms with Crippen LogP contribution in [0, 0.1) is 0 Å². The number of nitrogens with zero attached hydrogens (tertiary/aromatic N) is 1. The highest BCUT2D eigenvalue weighted by atomic mass is 16.1. The molecule has 3 heteroatoms. The van der Waals surface area contributed by atoms with Crippen LogP contribution in [0.3, 0.4) is 0 Å². The number of nitrogens with one attached hydrogen (secondary N) is 1. The second-order valence-electron chi connectivity index (χ2n) is 5.66. The van der Waals surface area contributed by atoms with Gasteiger partial charge in [-0.2, -0.15) is 0 Å². The zero-order chi connectivity index (χ0) is 16.1. The minimum Gasteiger partial charge on any atom is -0.321 e. The average Bonchev–Trinajstić information content (AvgIpc) is 2.60. The number of unbranched alkanes of at least 4 members (excludes halogenated alkanes) is 1. The first kappa shape index (κ1) is 15.2. The fourth-order valence-electron chi connectivity index (χ4n) is 2.63. The lowest BCUT2D eigenvalue weighted by molar-refractivity contribution is 0.102. The maximum Gasteiger partial charge on any atom is 0.255 e. The normalized spacial score (nSPS) is 10.7. The zero-order valence-electron chi connectivity index (χ0n) is 13.3. The lowest BCUT2D eigenvalue weighted by Gasteiger charge is -2.09. The molecule has 23 heavy (non-hydrogen) atoms. The van der Waals surface area contributed by atoms with Crippen LogP contribution >= 0.6 is 0 Å². The predicted octanol–water partition coefficient (Wildman–Crippen LogP) is 4.83. The first-order chi connectivity index (χ1) is 11.3. The summed E-state index contributed by atoms with van der Waals surface area (Å²) >= 11 is 0. The number of carbonyl (C=O) groups is 1. The van der Waals surface area contributed by atoms with Crippen molar-refractivity contribution in [2.45, 2.75) is 26.2 Å². The number of aromatic nitrogens is 1. The van der Waals surface area contributed by atoms with Gasteiger partial charge in [0.1, 0.15) is 0 Å². The van der Waals surface area contributed by atoms with Crippen LogP contribution in [0.25, 0.3) is 10.8 Å². The summed E-state index contributed by atoms with van der Waals surface area (Å²) in [5.41, 5.74) is 2.76. The van der Waals surface area contributed by atoms with Crippen molar-refractivity contribution in [1.82, 2.24) is 4.98 Å². The number of rotatable bonds is 5. The molecule has 1 N–H and O–H groups in total. The Morgan fingerprint density at radius 2 is 1.91 bits per heavy atom.